The van der Waals surface area contributed by atoms with Gasteiger partial charge in [0.25, 0.3) is 0 Å². The lowest BCUT2D eigenvalue weighted by Gasteiger charge is -2.08. The van der Waals surface area contributed by atoms with E-state index in [-0.39, 0.29) is 12.3 Å². The smallest absolute Gasteiger partial charge is 0.233 e. The van der Waals surface area contributed by atoms with Crippen LogP contribution in [0.15, 0.2) is 28.8 Å². The first kappa shape index (κ1) is 17.9. The van der Waals surface area contributed by atoms with E-state index in [9.17, 15) is 4.79 Å². The number of benzene rings is 1. The number of anilines is 1. The van der Waals surface area contributed by atoms with Crippen molar-refractivity contribution in [3.8, 4) is 11.5 Å². The number of aryl methyl sites for hydroxylation is 1. The zero-order valence-corrected chi connectivity index (χ0v) is 15.4. The van der Waals surface area contributed by atoms with Crippen molar-refractivity contribution in [1.82, 2.24) is 15.4 Å². The van der Waals surface area contributed by atoms with E-state index in [1.165, 1.54) is 11.3 Å². The van der Waals surface area contributed by atoms with Crippen LogP contribution in [0.25, 0.3) is 0 Å². The van der Waals surface area contributed by atoms with E-state index in [2.05, 4.69) is 20.7 Å². The van der Waals surface area contributed by atoms with Crippen molar-refractivity contribution in [2.24, 2.45) is 0 Å². The summed E-state index contributed by atoms with van der Waals surface area (Å²) in [6, 6.07) is 7.40. The molecule has 1 N–H and O–H groups in total. The van der Waals surface area contributed by atoms with Crippen LogP contribution in [0.5, 0.6) is 11.5 Å². The van der Waals surface area contributed by atoms with E-state index in [1.807, 2.05) is 18.2 Å². The molecule has 8 nitrogen and oxygen atoms in total. The van der Waals surface area contributed by atoms with Crippen LogP contribution in [-0.2, 0) is 17.6 Å². The van der Waals surface area contributed by atoms with Gasteiger partial charge < -0.3 is 19.3 Å². The van der Waals surface area contributed by atoms with Gasteiger partial charge in [-0.1, -0.05) is 22.6 Å². The number of ether oxygens (including phenoxy) is 2. The van der Waals surface area contributed by atoms with E-state index < -0.39 is 0 Å². The van der Waals surface area contributed by atoms with Gasteiger partial charge in [0.05, 0.1) is 26.3 Å². The number of nitrogens with zero attached hydrogens (tertiary/aromatic N) is 3. The van der Waals surface area contributed by atoms with Crippen molar-refractivity contribution in [2.75, 3.05) is 19.5 Å². The van der Waals surface area contributed by atoms with Gasteiger partial charge in [0.1, 0.15) is 10.8 Å². The Balaban J connectivity index is 1.61. The standard InChI is InChI=1S/C17H18N4O4S/c1-10-6-12(25-21-10)9-15(22)18-17-20-19-16(26-17)8-11-4-5-13(23-2)14(7-11)24-3/h4-7H,8-9H2,1-3H3,(H,18,20,22). The molecule has 0 atom stereocenters. The van der Waals surface area contributed by atoms with Crippen molar-refractivity contribution < 1.29 is 18.8 Å². The molecule has 2 aromatic heterocycles. The molecule has 0 aliphatic rings. The number of methoxy groups -OCH3 is 2. The number of rotatable bonds is 7. The molecule has 136 valence electrons. The van der Waals surface area contributed by atoms with Gasteiger partial charge in [-0.25, -0.2) is 0 Å². The highest BCUT2D eigenvalue weighted by Crippen LogP contribution is 2.29. The van der Waals surface area contributed by atoms with E-state index in [0.29, 0.717) is 28.8 Å². The van der Waals surface area contributed by atoms with Crippen molar-refractivity contribution >= 4 is 22.4 Å². The average Bonchev–Trinajstić information content (AvgIpc) is 3.23. The predicted octanol–water partition coefficient (Wildman–Crippen LogP) is 2.62. The summed E-state index contributed by atoms with van der Waals surface area (Å²) in [5, 5.41) is 15.8. The molecule has 3 aromatic rings. The number of hydrogen-bond donors (Lipinski definition) is 1. The van der Waals surface area contributed by atoms with Crippen LogP contribution < -0.4 is 14.8 Å². The number of carbonyl (C=O) groups is 1. The lowest BCUT2D eigenvalue weighted by molar-refractivity contribution is -0.115. The second-order valence-electron chi connectivity index (χ2n) is 5.53. The monoisotopic (exact) mass is 374 g/mol. The van der Waals surface area contributed by atoms with Crippen LogP contribution in [0.4, 0.5) is 5.13 Å². The van der Waals surface area contributed by atoms with Gasteiger partial charge in [0, 0.05) is 12.5 Å². The minimum absolute atomic E-state index is 0.103. The molecular formula is C17H18N4O4S. The third-order valence-electron chi connectivity index (χ3n) is 3.53. The van der Waals surface area contributed by atoms with Gasteiger partial charge in [-0.3, -0.25) is 4.79 Å². The normalized spacial score (nSPS) is 10.6. The lowest BCUT2D eigenvalue weighted by Crippen LogP contribution is -2.13. The lowest BCUT2D eigenvalue weighted by atomic mass is 10.1. The van der Waals surface area contributed by atoms with Crippen LogP contribution >= 0.6 is 11.3 Å². The van der Waals surface area contributed by atoms with Crippen LogP contribution in [-0.4, -0.2) is 35.5 Å². The fraction of sp³-hybridized carbons (Fsp3) is 0.294. The van der Waals surface area contributed by atoms with Crippen LogP contribution in [0.3, 0.4) is 0 Å². The second kappa shape index (κ2) is 7.96. The molecule has 1 aromatic carbocycles. The second-order valence-corrected chi connectivity index (χ2v) is 6.59. The Bertz CT molecular complexity index is 906. The Hall–Kier alpha value is -2.94. The fourth-order valence-electron chi connectivity index (χ4n) is 2.36. The SMILES string of the molecule is COc1ccc(Cc2nnc(NC(=O)Cc3cc(C)no3)s2)cc1OC. The van der Waals surface area contributed by atoms with Crippen LogP contribution in [0.1, 0.15) is 22.0 Å². The summed E-state index contributed by atoms with van der Waals surface area (Å²) in [7, 11) is 3.19. The first-order valence-electron chi connectivity index (χ1n) is 7.82. The molecule has 26 heavy (non-hydrogen) atoms. The summed E-state index contributed by atoms with van der Waals surface area (Å²) in [4.78, 5) is 12.0. The molecule has 0 saturated carbocycles. The summed E-state index contributed by atoms with van der Waals surface area (Å²) < 4.78 is 15.6. The molecule has 0 unspecified atom stereocenters. The van der Waals surface area contributed by atoms with Crippen molar-refractivity contribution in [1.29, 1.82) is 0 Å². The summed E-state index contributed by atoms with van der Waals surface area (Å²) in [6.07, 6.45) is 0.681. The Morgan fingerprint density at radius 1 is 1.19 bits per heavy atom. The number of aromatic nitrogens is 3. The zero-order valence-electron chi connectivity index (χ0n) is 14.6. The van der Waals surface area contributed by atoms with E-state index in [4.69, 9.17) is 14.0 Å². The Morgan fingerprint density at radius 3 is 2.69 bits per heavy atom. The molecule has 2 heterocycles. The van der Waals surface area contributed by atoms with Gasteiger partial charge in [0.2, 0.25) is 11.0 Å². The molecule has 0 spiro atoms. The molecule has 1 amide bonds. The maximum Gasteiger partial charge on any atom is 0.233 e. The molecule has 0 bridgehead atoms. The van der Waals surface area contributed by atoms with Gasteiger partial charge in [0.15, 0.2) is 11.5 Å². The third-order valence-corrected chi connectivity index (χ3v) is 4.37. The number of carbonyl (C=O) groups excluding carboxylic acids is 1. The highest BCUT2D eigenvalue weighted by atomic mass is 32.1. The van der Waals surface area contributed by atoms with Crippen LogP contribution in [0.2, 0.25) is 0 Å². The van der Waals surface area contributed by atoms with Gasteiger partial charge in [-0.05, 0) is 24.6 Å². The number of nitrogens with one attached hydrogen (secondary N) is 1. The molecule has 0 radical (unpaired) electrons. The van der Waals surface area contributed by atoms with Gasteiger partial charge in [-0.2, -0.15) is 0 Å². The molecule has 9 heteroatoms. The van der Waals surface area contributed by atoms with Crippen molar-refractivity contribution in [3.05, 3.63) is 46.3 Å². The molecule has 0 aliphatic carbocycles. The Kier molecular flexibility index (Phi) is 5.47. The quantitative estimate of drug-likeness (QED) is 0.678. The molecule has 0 saturated heterocycles. The summed E-state index contributed by atoms with van der Waals surface area (Å²) in [5.74, 6) is 1.61. The maximum atomic E-state index is 12.0. The van der Waals surface area contributed by atoms with Gasteiger partial charge in [-0.15, -0.1) is 10.2 Å². The number of hydrogen-bond acceptors (Lipinski definition) is 8. The fourth-order valence-corrected chi connectivity index (χ4v) is 3.15. The average molecular weight is 374 g/mol. The third kappa shape index (κ3) is 4.37. The van der Waals surface area contributed by atoms with Gasteiger partial charge >= 0.3 is 0 Å². The minimum Gasteiger partial charge on any atom is -0.493 e. The molecule has 0 fully saturated rings. The van der Waals surface area contributed by atoms with Crippen molar-refractivity contribution in [2.45, 2.75) is 19.8 Å². The summed E-state index contributed by atoms with van der Waals surface area (Å²) >= 11 is 1.32. The maximum absolute atomic E-state index is 12.0. The van der Waals surface area contributed by atoms with Crippen LogP contribution in [0, 0.1) is 6.92 Å². The minimum atomic E-state index is -0.227. The predicted molar refractivity (Wildman–Crippen MR) is 95.8 cm³/mol. The molecule has 0 aliphatic heterocycles. The Morgan fingerprint density at radius 2 is 2.00 bits per heavy atom. The first-order valence-corrected chi connectivity index (χ1v) is 8.64. The van der Waals surface area contributed by atoms with E-state index in [1.54, 1.807) is 27.2 Å². The van der Waals surface area contributed by atoms with E-state index in [0.717, 1.165) is 16.3 Å². The summed E-state index contributed by atoms with van der Waals surface area (Å²) in [5.41, 5.74) is 1.75. The van der Waals surface area contributed by atoms with Crippen molar-refractivity contribution in [3.63, 3.8) is 0 Å². The zero-order chi connectivity index (χ0) is 18.5. The number of amides is 1. The topological polar surface area (TPSA) is 99.4 Å². The largest absolute Gasteiger partial charge is 0.493 e. The van der Waals surface area contributed by atoms with E-state index >= 15 is 0 Å². The Labute approximate surface area is 154 Å². The highest BCUT2D eigenvalue weighted by molar-refractivity contribution is 7.15. The molecule has 3 rings (SSSR count). The summed E-state index contributed by atoms with van der Waals surface area (Å²) in [6.45, 7) is 1.80. The molecular weight excluding hydrogens is 356 g/mol. The first-order chi connectivity index (χ1) is 12.6. The highest BCUT2D eigenvalue weighted by Gasteiger charge is 2.13.